The van der Waals surface area contributed by atoms with E-state index < -0.39 is 12.0 Å². The van der Waals surface area contributed by atoms with Gasteiger partial charge in [-0.15, -0.1) is 0 Å². The Morgan fingerprint density at radius 2 is 1.80 bits per heavy atom. The Morgan fingerprint density at radius 3 is 2.51 bits per heavy atom. The van der Waals surface area contributed by atoms with Crippen LogP contribution >= 0.6 is 11.3 Å². The number of furan rings is 1. The summed E-state index contributed by atoms with van der Waals surface area (Å²) < 4.78 is 13.3. The van der Waals surface area contributed by atoms with Gasteiger partial charge in [0, 0.05) is 17.3 Å². The topological polar surface area (TPSA) is 123 Å². The van der Waals surface area contributed by atoms with Gasteiger partial charge in [-0.1, -0.05) is 53.3 Å². The van der Waals surface area contributed by atoms with Crippen molar-refractivity contribution in [2.75, 3.05) is 12.4 Å². The van der Waals surface area contributed by atoms with Crippen molar-refractivity contribution < 1.29 is 23.8 Å². The van der Waals surface area contributed by atoms with E-state index in [0.717, 1.165) is 16.7 Å². The summed E-state index contributed by atoms with van der Waals surface area (Å²) in [6, 6.07) is 22.2. The van der Waals surface area contributed by atoms with Crippen molar-refractivity contribution in [1.29, 1.82) is 0 Å². The summed E-state index contributed by atoms with van der Waals surface area (Å²) in [6.45, 7) is 5.70. The van der Waals surface area contributed by atoms with Crippen LogP contribution in [0.1, 0.15) is 45.8 Å². The zero-order valence-corrected chi connectivity index (χ0v) is 25.8. The summed E-state index contributed by atoms with van der Waals surface area (Å²) in [6.07, 6.45) is 1.63. The molecule has 226 valence electrons. The second kappa shape index (κ2) is 11.9. The number of methoxy groups -OCH3 is 1. The number of aromatic carboxylic acids is 1. The summed E-state index contributed by atoms with van der Waals surface area (Å²) in [5.41, 5.74) is 4.70. The number of carbonyl (C=O) groups is 2. The van der Waals surface area contributed by atoms with Crippen molar-refractivity contribution in [1.82, 2.24) is 4.57 Å². The lowest BCUT2D eigenvalue weighted by Crippen LogP contribution is -2.40. The maximum Gasteiger partial charge on any atom is 0.335 e. The Bertz CT molecular complexity index is 2190. The number of anilines is 1. The monoisotopic (exact) mass is 619 g/mol. The molecule has 3 aromatic carbocycles. The molecule has 1 aliphatic heterocycles. The Morgan fingerprint density at radius 1 is 1.02 bits per heavy atom. The van der Waals surface area contributed by atoms with Gasteiger partial charge in [-0.05, 0) is 74.4 Å². The van der Waals surface area contributed by atoms with Gasteiger partial charge in [-0.2, -0.15) is 0 Å². The fourth-order valence-corrected chi connectivity index (χ4v) is 6.40. The average Bonchev–Trinajstić information content (AvgIpc) is 3.62. The van der Waals surface area contributed by atoms with E-state index in [9.17, 15) is 19.5 Å². The van der Waals surface area contributed by atoms with Gasteiger partial charge < -0.3 is 19.6 Å². The highest BCUT2D eigenvalue weighted by molar-refractivity contribution is 7.07. The number of nitrogens with zero attached hydrogens (tertiary/aromatic N) is 2. The van der Waals surface area contributed by atoms with E-state index in [1.807, 2.05) is 44.2 Å². The van der Waals surface area contributed by atoms with E-state index in [-0.39, 0.29) is 17.0 Å². The third-order valence-corrected chi connectivity index (χ3v) is 8.61. The minimum atomic E-state index is -1.03. The first-order chi connectivity index (χ1) is 21.6. The molecule has 2 N–H and O–H groups in total. The van der Waals surface area contributed by atoms with Crippen LogP contribution in [0.25, 0.3) is 17.4 Å². The SMILES string of the molecule is COc1ccc([C@H]2C(C(=O)Nc3ccc(C)cc3C)=C(C)N=c3s/c(=C\c4ccc(-c5cccc(C(=O)O)c5)o4)c(=O)n32)cc1. The zero-order chi connectivity index (χ0) is 31.8. The number of benzene rings is 3. The number of amides is 1. The highest BCUT2D eigenvalue weighted by Crippen LogP contribution is 2.32. The van der Waals surface area contributed by atoms with Crippen LogP contribution in [-0.4, -0.2) is 28.7 Å². The van der Waals surface area contributed by atoms with Crippen LogP contribution in [0, 0.1) is 13.8 Å². The van der Waals surface area contributed by atoms with Gasteiger partial charge in [-0.25, -0.2) is 9.79 Å². The minimum Gasteiger partial charge on any atom is -0.497 e. The number of fused-ring (bicyclic) bond motifs is 1. The second-order valence-corrected chi connectivity index (χ2v) is 11.7. The highest BCUT2D eigenvalue weighted by atomic mass is 32.1. The van der Waals surface area contributed by atoms with Gasteiger partial charge in [0.25, 0.3) is 11.5 Å². The summed E-state index contributed by atoms with van der Waals surface area (Å²) in [7, 11) is 1.58. The third-order valence-electron chi connectivity index (χ3n) is 7.62. The van der Waals surface area contributed by atoms with E-state index in [0.29, 0.717) is 49.1 Å². The number of aryl methyl sites for hydroxylation is 2. The maximum absolute atomic E-state index is 14.0. The van der Waals surface area contributed by atoms with Crippen LogP contribution in [0.5, 0.6) is 5.75 Å². The lowest BCUT2D eigenvalue weighted by Gasteiger charge is -2.25. The van der Waals surface area contributed by atoms with Gasteiger partial charge in [0.15, 0.2) is 4.80 Å². The molecule has 1 atom stereocenters. The Labute approximate surface area is 262 Å². The molecule has 0 bridgehead atoms. The molecule has 0 saturated heterocycles. The molecule has 0 radical (unpaired) electrons. The molecule has 9 nitrogen and oxygen atoms in total. The molecule has 1 amide bonds. The Kier molecular flexibility index (Phi) is 7.82. The fourth-order valence-electron chi connectivity index (χ4n) is 5.38. The number of carboxylic acid groups (broad SMARTS) is 1. The van der Waals surface area contributed by atoms with Crippen LogP contribution in [0.4, 0.5) is 5.69 Å². The van der Waals surface area contributed by atoms with Crippen LogP contribution in [-0.2, 0) is 4.79 Å². The summed E-state index contributed by atoms with van der Waals surface area (Å²) in [5, 5.41) is 12.4. The molecule has 0 spiro atoms. The van der Waals surface area contributed by atoms with Crippen molar-refractivity contribution in [3.8, 4) is 17.1 Å². The van der Waals surface area contributed by atoms with E-state index in [4.69, 9.17) is 14.1 Å². The van der Waals surface area contributed by atoms with Crippen molar-refractivity contribution in [3.63, 3.8) is 0 Å². The number of ether oxygens (including phenoxy) is 1. The first-order valence-electron chi connectivity index (χ1n) is 14.1. The van der Waals surface area contributed by atoms with Gasteiger partial charge in [0.1, 0.15) is 17.3 Å². The number of carboxylic acids is 1. The molecule has 6 rings (SSSR count). The lowest BCUT2D eigenvalue weighted by atomic mass is 9.95. The largest absolute Gasteiger partial charge is 0.497 e. The third kappa shape index (κ3) is 5.75. The van der Waals surface area contributed by atoms with E-state index in [1.165, 1.54) is 23.5 Å². The molecule has 10 heteroatoms. The first kappa shape index (κ1) is 29.6. The predicted octanol–water partition coefficient (Wildman–Crippen LogP) is 5.46. The summed E-state index contributed by atoms with van der Waals surface area (Å²) in [4.78, 5) is 44.5. The lowest BCUT2D eigenvalue weighted by molar-refractivity contribution is -0.113. The van der Waals surface area contributed by atoms with Crippen molar-refractivity contribution in [2.24, 2.45) is 4.99 Å². The highest BCUT2D eigenvalue weighted by Gasteiger charge is 2.32. The van der Waals surface area contributed by atoms with Gasteiger partial charge in [-0.3, -0.25) is 14.2 Å². The number of hydrogen-bond donors (Lipinski definition) is 2. The molecule has 5 aromatic rings. The molecule has 0 saturated carbocycles. The van der Waals surface area contributed by atoms with Crippen molar-refractivity contribution in [2.45, 2.75) is 26.8 Å². The van der Waals surface area contributed by atoms with Gasteiger partial charge in [0.2, 0.25) is 0 Å². The molecular formula is C35H29N3O6S. The quantitative estimate of drug-likeness (QED) is 0.250. The number of allylic oxidation sites excluding steroid dienone is 1. The summed E-state index contributed by atoms with van der Waals surface area (Å²) >= 11 is 1.20. The Hall–Kier alpha value is -5.48. The van der Waals surface area contributed by atoms with Crippen LogP contribution < -0.4 is 24.9 Å². The molecule has 45 heavy (non-hydrogen) atoms. The fraction of sp³-hybridized carbons (Fsp3) is 0.143. The molecular weight excluding hydrogens is 590 g/mol. The standard InChI is InChI=1S/C35H29N3O6S/c1-19-8-14-27(20(2)16-19)37-32(39)30-21(3)36-35-38(31(30)22-9-11-25(43-4)12-10-22)33(40)29(45-35)18-26-13-15-28(44-26)23-6-5-7-24(17-23)34(41)42/h5-18,31H,1-4H3,(H,37,39)(H,41,42)/b29-18-/t31-/m0/s1. The normalized spacial score (nSPS) is 14.6. The number of rotatable bonds is 7. The minimum absolute atomic E-state index is 0.144. The number of hydrogen-bond acceptors (Lipinski definition) is 7. The molecule has 0 aliphatic carbocycles. The first-order valence-corrected chi connectivity index (χ1v) is 14.9. The van der Waals surface area contributed by atoms with E-state index in [2.05, 4.69) is 5.32 Å². The molecule has 0 unspecified atom stereocenters. The number of nitrogens with one attached hydrogen (secondary N) is 1. The van der Waals surface area contributed by atoms with Gasteiger partial charge >= 0.3 is 5.97 Å². The van der Waals surface area contributed by atoms with Crippen LogP contribution in [0.2, 0.25) is 0 Å². The van der Waals surface area contributed by atoms with Crippen LogP contribution in [0.3, 0.4) is 0 Å². The van der Waals surface area contributed by atoms with E-state index in [1.54, 1.807) is 61.1 Å². The summed E-state index contributed by atoms with van der Waals surface area (Å²) in [5.74, 6) is 0.150. The van der Waals surface area contributed by atoms with Crippen LogP contribution in [0.15, 0.2) is 104 Å². The van der Waals surface area contributed by atoms with Gasteiger partial charge in [0.05, 0.1) is 34.5 Å². The predicted molar refractivity (Wildman–Crippen MR) is 172 cm³/mol. The second-order valence-electron chi connectivity index (χ2n) is 10.7. The molecule has 0 fully saturated rings. The van der Waals surface area contributed by atoms with Crippen molar-refractivity contribution in [3.05, 3.63) is 138 Å². The van der Waals surface area contributed by atoms with Crippen molar-refractivity contribution >= 4 is 35.0 Å². The Balaban J connectivity index is 1.43. The average molecular weight is 620 g/mol. The molecule has 2 aromatic heterocycles. The number of carbonyl (C=O) groups excluding carboxylic acids is 1. The number of aromatic nitrogens is 1. The molecule has 1 aliphatic rings. The smallest absolute Gasteiger partial charge is 0.335 e. The molecule has 3 heterocycles. The zero-order valence-electron chi connectivity index (χ0n) is 25.0. The van der Waals surface area contributed by atoms with E-state index >= 15 is 0 Å². The number of thiazole rings is 1. The maximum atomic E-state index is 14.0.